The fourth-order valence-electron chi connectivity index (χ4n) is 2.96. The molecular weight excluding hydrogens is 306 g/mol. The summed E-state index contributed by atoms with van der Waals surface area (Å²) in [7, 11) is 0. The summed E-state index contributed by atoms with van der Waals surface area (Å²) in [5.41, 5.74) is 1.37. The van der Waals surface area contributed by atoms with Crippen LogP contribution in [0.2, 0.25) is 0 Å². The van der Waals surface area contributed by atoms with E-state index in [9.17, 15) is 4.79 Å². The van der Waals surface area contributed by atoms with Crippen molar-refractivity contribution in [1.82, 2.24) is 10.1 Å². The highest BCUT2D eigenvalue weighted by Crippen LogP contribution is 2.33. The summed E-state index contributed by atoms with van der Waals surface area (Å²) in [5.74, 6) is 1.22. The minimum absolute atomic E-state index is 0.0732. The fraction of sp³-hybridized carbons (Fsp3) is 0.389. The van der Waals surface area contributed by atoms with Gasteiger partial charge in [-0.15, -0.1) is 0 Å². The van der Waals surface area contributed by atoms with Crippen molar-refractivity contribution in [2.75, 3.05) is 6.54 Å². The second-order valence-electron chi connectivity index (χ2n) is 5.96. The molecule has 0 aliphatic carbocycles. The second-order valence-corrected chi connectivity index (χ2v) is 5.96. The Bertz CT molecular complexity index is 761. The third-order valence-corrected chi connectivity index (χ3v) is 4.15. The van der Waals surface area contributed by atoms with Crippen LogP contribution in [-0.2, 0) is 4.79 Å². The molecule has 24 heavy (non-hydrogen) atoms. The molecule has 124 valence electrons. The van der Waals surface area contributed by atoms with Crippen molar-refractivity contribution in [3.63, 3.8) is 0 Å². The Morgan fingerprint density at radius 2 is 2.21 bits per heavy atom. The van der Waals surface area contributed by atoms with Crippen molar-refractivity contribution in [3.8, 4) is 11.8 Å². The first kappa shape index (κ1) is 16.1. The number of aryl methyl sites for hydroxylation is 1. The first-order chi connectivity index (χ1) is 11.6. The van der Waals surface area contributed by atoms with Gasteiger partial charge in [-0.25, -0.2) is 0 Å². The Morgan fingerprint density at radius 3 is 2.83 bits per heavy atom. The number of hydrogen-bond acceptors (Lipinski definition) is 5. The predicted octanol–water partition coefficient (Wildman–Crippen LogP) is 2.99. The van der Waals surface area contributed by atoms with Gasteiger partial charge in [0.2, 0.25) is 0 Å². The molecule has 1 aromatic carbocycles. The first-order valence-electron chi connectivity index (χ1n) is 7.99. The van der Waals surface area contributed by atoms with E-state index in [2.05, 4.69) is 11.2 Å². The molecule has 1 amide bonds. The van der Waals surface area contributed by atoms with Crippen molar-refractivity contribution in [1.29, 1.82) is 5.26 Å². The topological polar surface area (TPSA) is 79.4 Å². The molecule has 0 bridgehead atoms. The predicted molar refractivity (Wildman–Crippen MR) is 86.2 cm³/mol. The summed E-state index contributed by atoms with van der Waals surface area (Å²) >= 11 is 0. The van der Waals surface area contributed by atoms with Gasteiger partial charge in [-0.1, -0.05) is 5.16 Å². The number of nitrogens with zero attached hydrogens (tertiary/aromatic N) is 3. The average molecular weight is 325 g/mol. The second kappa shape index (κ2) is 6.75. The minimum Gasteiger partial charge on any atom is -0.481 e. The Balaban J connectivity index is 1.69. The number of rotatable bonds is 4. The van der Waals surface area contributed by atoms with Gasteiger partial charge in [0.15, 0.2) is 11.9 Å². The van der Waals surface area contributed by atoms with E-state index in [1.165, 1.54) is 0 Å². The van der Waals surface area contributed by atoms with Gasteiger partial charge in [-0.3, -0.25) is 4.79 Å². The number of carbonyl (C=O) groups excluding carboxylic acids is 1. The molecule has 1 aliphatic rings. The summed E-state index contributed by atoms with van der Waals surface area (Å²) in [4.78, 5) is 14.5. The van der Waals surface area contributed by atoms with Crippen LogP contribution in [-0.4, -0.2) is 28.6 Å². The molecule has 2 heterocycles. The molecule has 0 N–H and O–H groups in total. The number of hydrogen-bond donors (Lipinski definition) is 0. The van der Waals surface area contributed by atoms with Gasteiger partial charge in [0.25, 0.3) is 5.91 Å². The van der Waals surface area contributed by atoms with Gasteiger partial charge in [-0.05, 0) is 51.0 Å². The summed E-state index contributed by atoms with van der Waals surface area (Å²) in [6, 6.07) is 10.6. The molecule has 0 spiro atoms. The van der Waals surface area contributed by atoms with E-state index in [0.717, 1.165) is 24.3 Å². The molecule has 6 heteroatoms. The van der Waals surface area contributed by atoms with E-state index in [1.807, 2.05) is 13.0 Å². The molecule has 1 aliphatic heterocycles. The summed E-state index contributed by atoms with van der Waals surface area (Å²) in [6.45, 7) is 4.29. The van der Waals surface area contributed by atoms with Gasteiger partial charge in [0.05, 0.1) is 23.4 Å². The van der Waals surface area contributed by atoms with Gasteiger partial charge < -0.3 is 14.2 Å². The fourth-order valence-corrected chi connectivity index (χ4v) is 2.96. The standard InChI is InChI=1S/C18H19N3O3/c1-12-10-17(24-20-12)16-4-3-9-21(16)18(22)13(2)23-15-7-5-14(11-19)6-8-15/h5-8,10,13,16H,3-4,9H2,1-2H3/t13-,16+/m1/s1. The zero-order chi connectivity index (χ0) is 17.1. The van der Waals surface area contributed by atoms with E-state index < -0.39 is 6.10 Å². The lowest BCUT2D eigenvalue weighted by atomic mass is 10.1. The van der Waals surface area contributed by atoms with Crippen LogP contribution in [0.5, 0.6) is 5.75 Å². The maximum absolute atomic E-state index is 12.7. The van der Waals surface area contributed by atoms with E-state index in [0.29, 0.717) is 17.9 Å². The lowest BCUT2D eigenvalue weighted by molar-refractivity contribution is -0.139. The molecule has 2 aromatic rings. The van der Waals surface area contributed by atoms with E-state index >= 15 is 0 Å². The highest BCUT2D eigenvalue weighted by molar-refractivity contribution is 5.81. The van der Waals surface area contributed by atoms with Gasteiger partial charge >= 0.3 is 0 Å². The summed E-state index contributed by atoms with van der Waals surface area (Å²) in [6.07, 6.45) is 1.19. The van der Waals surface area contributed by atoms with Crippen molar-refractivity contribution in [3.05, 3.63) is 47.3 Å². The normalized spacial score (nSPS) is 18.2. The highest BCUT2D eigenvalue weighted by Gasteiger charge is 2.35. The Kier molecular flexibility index (Phi) is 4.52. The Labute approximate surface area is 140 Å². The smallest absolute Gasteiger partial charge is 0.263 e. The third kappa shape index (κ3) is 3.25. The molecule has 6 nitrogen and oxygen atoms in total. The lowest BCUT2D eigenvalue weighted by Crippen LogP contribution is -2.40. The van der Waals surface area contributed by atoms with Gasteiger partial charge in [0.1, 0.15) is 5.75 Å². The van der Waals surface area contributed by atoms with E-state index in [-0.39, 0.29) is 11.9 Å². The number of carbonyl (C=O) groups is 1. The third-order valence-electron chi connectivity index (χ3n) is 4.15. The molecule has 1 saturated heterocycles. The first-order valence-corrected chi connectivity index (χ1v) is 7.99. The van der Waals surface area contributed by atoms with Crippen LogP contribution in [0.25, 0.3) is 0 Å². The van der Waals surface area contributed by atoms with Crippen LogP contribution in [0.1, 0.15) is 42.8 Å². The van der Waals surface area contributed by atoms with Crippen LogP contribution in [0.3, 0.4) is 0 Å². The number of benzene rings is 1. The molecule has 1 aromatic heterocycles. The van der Waals surface area contributed by atoms with Gasteiger partial charge in [-0.2, -0.15) is 5.26 Å². The van der Waals surface area contributed by atoms with E-state index in [4.69, 9.17) is 14.5 Å². The molecule has 0 radical (unpaired) electrons. The van der Waals surface area contributed by atoms with Crippen LogP contribution in [0.15, 0.2) is 34.9 Å². The SMILES string of the molecule is Cc1cc([C@@H]2CCCN2C(=O)[C@@H](C)Oc2ccc(C#N)cc2)on1. The quantitative estimate of drug-likeness (QED) is 0.863. The lowest BCUT2D eigenvalue weighted by Gasteiger charge is -2.26. The Morgan fingerprint density at radius 1 is 1.46 bits per heavy atom. The molecule has 2 atom stereocenters. The molecule has 0 unspecified atom stereocenters. The number of aromatic nitrogens is 1. The summed E-state index contributed by atoms with van der Waals surface area (Å²) in [5, 5.41) is 12.7. The van der Waals surface area contributed by atoms with Crippen LogP contribution < -0.4 is 4.74 Å². The van der Waals surface area contributed by atoms with Crippen molar-refractivity contribution >= 4 is 5.91 Å². The van der Waals surface area contributed by atoms with Crippen LogP contribution in [0, 0.1) is 18.3 Å². The average Bonchev–Trinajstić information content (AvgIpc) is 3.23. The minimum atomic E-state index is -0.609. The van der Waals surface area contributed by atoms with Gasteiger partial charge in [0, 0.05) is 12.6 Å². The zero-order valence-corrected chi connectivity index (χ0v) is 13.7. The van der Waals surface area contributed by atoms with E-state index in [1.54, 1.807) is 36.1 Å². The van der Waals surface area contributed by atoms with Crippen molar-refractivity contribution in [2.24, 2.45) is 0 Å². The number of nitriles is 1. The molecular formula is C18H19N3O3. The van der Waals surface area contributed by atoms with Crippen molar-refractivity contribution in [2.45, 2.75) is 38.8 Å². The monoisotopic (exact) mass is 325 g/mol. The number of amides is 1. The largest absolute Gasteiger partial charge is 0.481 e. The summed E-state index contributed by atoms with van der Waals surface area (Å²) < 4.78 is 11.1. The maximum atomic E-state index is 12.7. The number of ether oxygens (including phenoxy) is 1. The van der Waals surface area contributed by atoms with Crippen LogP contribution in [0.4, 0.5) is 0 Å². The molecule has 3 rings (SSSR count). The van der Waals surface area contributed by atoms with Crippen LogP contribution >= 0.6 is 0 Å². The highest BCUT2D eigenvalue weighted by atomic mass is 16.5. The molecule has 0 saturated carbocycles. The Hall–Kier alpha value is -2.81. The zero-order valence-electron chi connectivity index (χ0n) is 13.7. The van der Waals surface area contributed by atoms with Crippen molar-refractivity contribution < 1.29 is 14.1 Å². The molecule has 1 fully saturated rings. The number of likely N-dealkylation sites (tertiary alicyclic amines) is 1. The maximum Gasteiger partial charge on any atom is 0.263 e.